The maximum absolute atomic E-state index is 6.44. The van der Waals surface area contributed by atoms with Crippen molar-refractivity contribution in [1.82, 2.24) is 0 Å². The molecule has 0 aliphatic rings. The monoisotopic (exact) mass is 719 g/mol. The van der Waals surface area contributed by atoms with Crippen molar-refractivity contribution in [2.75, 3.05) is 4.90 Å². The lowest BCUT2D eigenvalue weighted by Gasteiger charge is -2.35. The molecule has 0 amide bonds. The first-order valence-electron chi connectivity index (χ1n) is 18.8. The fourth-order valence-corrected chi connectivity index (χ4v) is 13.2. The summed E-state index contributed by atoms with van der Waals surface area (Å²) in [6.45, 7) is 0. The van der Waals surface area contributed by atoms with E-state index in [-0.39, 0.29) is 0 Å². The zero-order valence-electron chi connectivity index (χ0n) is 30.2. The molecular formula is C52H37NOSi. The molecule has 0 saturated heterocycles. The minimum Gasteiger partial charge on any atom is -0.455 e. The van der Waals surface area contributed by atoms with Crippen molar-refractivity contribution in [1.29, 1.82) is 0 Å². The molecule has 0 saturated carbocycles. The second-order valence-corrected chi connectivity index (χ2v) is 17.9. The highest BCUT2D eigenvalue weighted by molar-refractivity contribution is 7.19. The van der Waals surface area contributed by atoms with Gasteiger partial charge in [0, 0.05) is 33.2 Å². The molecule has 0 bridgehead atoms. The maximum Gasteiger partial charge on any atom is 0.179 e. The molecule has 0 spiro atoms. The van der Waals surface area contributed by atoms with Crippen LogP contribution >= 0.6 is 0 Å². The summed E-state index contributed by atoms with van der Waals surface area (Å²) in [6.07, 6.45) is 0. The van der Waals surface area contributed by atoms with Crippen LogP contribution < -0.4 is 25.6 Å². The van der Waals surface area contributed by atoms with Gasteiger partial charge in [0.1, 0.15) is 11.2 Å². The van der Waals surface area contributed by atoms with Crippen LogP contribution in [0.1, 0.15) is 0 Å². The zero-order valence-corrected chi connectivity index (χ0v) is 31.2. The third-order valence-corrected chi connectivity index (χ3v) is 15.8. The van der Waals surface area contributed by atoms with Crippen LogP contribution in [0.5, 0.6) is 0 Å². The van der Waals surface area contributed by atoms with Crippen molar-refractivity contribution < 1.29 is 4.42 Å². The number of fused-ring (bicyclic) bond motifs is 5. The van der Waals surface area contributed by atoms with Gasteiger partial charge in [0.2, 0.25) is 0 Å². The fraction of sp³-hybridized carbons (Fsp3) is 0. The minimum atomic E-state index is -2.67. The Balaban J connectivity index is 1.14. The summed E-state index contributed by atoms with van der Waals surface area (Å²) in [5.41, 5.74) is 7.50. The van der Waals surface area contributed by atoms with Crippen LogP contribution in [-0.2, 0) is 0 Å². The fourth-order valence-electron chi connectivity index (χ4n) is 8.44. The first-order valence-corrected chi connectivity index (χ1v) is 20.8. The summed E-state index contributed by atoms with van der Waals surface area (Å²) in [4.78, 5) is 2.37. The van der Waals surface area contributed by atoms with E-state index in [1.54, 1.807) is 0 Å². The van der Waals surface area contributed by atoms with E-state index < -0.39 is 8.07 Å². The number of hydrogen-bond acceptors (Lipinski definition) is 2. The number of hydrogen-bond donors (Lipinski definition) is 0. The lowest BCUT2D eigenvalue weighted by molar-refractivity contribution is 0.672. The lowest BCUT2D eigenvalue weighted by atomic mass is 10.0. The molecule has 10 aromatic rings. The summed E-state index contributed by atoms with van der Waals surface area (Å²) in [5.74, 6) is 0. The summed E-state index contributed by atoms with van der Waals surface area (Å²) in [7, 11) is -2.67. The minimum absolute atomic E-state index is 0.912. The van der Waals surface area contributed by atoms with Crippen LogP contribution in [0.3, 0.4) is 0 Å². The van der Waals surface area contributed by atoms with Gasteiger partial charge >= 0.3 is 0 Å². The highest BCUT2D eigenvalue weighted by Crippen LogP contribution is 2.40. The quantitative estimate of drug-likeness (QED) is 0.115. The first kappa shape index (κ1) is 32.7. The average Bonchev–Trinajstić information content (AvgIpc) is 3.66. The molecule has 9 aromatic carbocycles. The Kier molecular flexibility index (Phi) is 8.20. The van der Waals surface area contributed by atoms with Gasteiger partial charge in [0.15, 0.2) is 8.07 Å². The van der Waals surface area contributed by atoms with Gasteiger partial charge in [-0.05, 0) is 91.9 Å². The van der Waals surface area contributed by atoms with E-state index >= 15 is 0 Å². The van der Waals surface area contributed by atoms with Crippen molar-refractivity contribution in [2.24, 2.45) is 0 Å². The summed E-state index contributed by atoms with van der Waals surface area (Å²) >= 11 is 0. The van der Waals surface area contributed by atoms with E-state index in [1.165, 1.54) is 31.9 Å². The number of nitrogens with zero attached hydrogens (tertiary/aromatic N) is 1. The third kappa shape index (κ3) is 5.65. The third-order valence-electron chi connectivity index (χ3n) is 11.0. The zero-order chi connectivity index (χ0) is 36.6. The van der Waals surface area contributed by atoms with Gasteiger partial charge in [0.25, 0.3) is 0 Å². The van der Waals surface area contributed by atoms with Crippen molar-refractivity contribution >= 4 is 78.6 Å². The Morgan fingerprint density at radius 1 is 0.327 bits per heavy atom. The van der Waals surface area contributed by atoms with E-state index in [2.05, 4.69) is 217 Å². The van der Waals surface area contributed by atoms with Crippen molar-refractivity contribution in [3.05, 3.63) is 224 Å². The number of anilines is 3. The van der Waals surface area contributed by atoms with Gasteiger partial charge in [-0.25, -0.2) is 0 Å². The topological polar surface area (TPSA) is 16.4 Å². The van der Waals surface area contributed by atoms with Gasteiger partial charge < -0.3 is 9.32 Å². The number of benzene rings is 9. The van der Waals surface area contributed by atoms with Gasteiger partial charge in [-0.2, -0.15) is 0 Å². The highest BCUT2D eigenvalue weighted by atomic mass is 28.3. The normalized spacial score (nSPS) is 11.6. The first-order chi connectivity index (χ1) is 27.3. The van der Waals surface area contributed by atoms with Crippen LogP contribution in [-0.4, -0.2) is 8.07 Å². The smallest absolute Gasteiger partial charge is 0.179 e. The van der Waals surface area contributed by atoms with E-state index in [0.29, 0.717) is 0 Å². The summed E-state index contributed by atoms with van der Waals surface area (Å²) in [5, 5.41) is 9.95. The Morgan fingerprint density at radius 2 is 0.782 bits per heavy atom. The Hall–Kier alpha value is -6.94. The van der Waals surface area contributed by atoms with Crippen LogP contribution in [0.4, 0.5) is 17.1 Å². The molecule has 260 valence electrons. The van der Waals surface area contributed by atoms with Gasteiger partial charge in [-0.1, -0.05) is 170 Å². The van der Waals surface area contributed by atoms with Gasteiger partial charge in [-0.15, -0.1) is 0 Å². The number of para-hydroxylation sites is 1. The molecule has 0 fully saturated rings. The lowest BCUT2D eigenvalue weighted by Crippen LogP contribution is -2.74. The van der Waals surface area contributed by atoms with E-state index in [4.69, 9.17) is 4.42 Å². The van der Waals surface area contributed by atoms with Crippen LogP contribution in [0, 0.1) is 0 Å². The second-order valence-electron chi connectivity index (χ2n) is 14.1. The molecule has 0 radical (unpaired) electrons. The highest BCUT2D eigenvalue weighted by Gasteiger charge is 2.41. The number of rotatable bonds is 8. The molecule has 1 aromatic heterocycles. The molecule has 2 nitrogen and oxygen atoms in total. The maximum atomic E-state index is 6.44. The molecule has 3 heteroatoms. The van der Waals surface area contributed by atoms with E-state index in [9.17, 15) is 0 Å². The molecular weight excluding hydrogens is 683 g/mol. The molecule has 0 aliphatic carbocycles. The molecule has 55 heavy (non-hydrogen) atoms. The Morgan fingerprint density at radius 3 is 1.38 bits per heavy atom. The standard InChI is InChI=1S/C52H37NOSi/c1-5-15-38(16-6-1)39-25-28-41(29-26-39)53(43-32-36-48-40(37-43)27-35-50-49-23-13-14-24-51(49)54-52(48)50)42-30-33-47(34-31-42)55(44-17-7-2-8-18-44,45-19-9-3-10-20-45)46-21-11-4-12-22-46/h1-37H. The van der Waals surface area contributed by atoms with Gasteiger partial charge in [-0.3, -0.25) is 0 Å². The Bertz CT molecular complexity index is 2790. The van der Waals surface area contributed by atoms with Crippen molar-refractivity contribution in [3.8, 4) is 11.1 Å². The van der Waals surface area contributed by atoms with Gasteiger partial charge in [0.05, 0.1) is 0 Å². The molecule has 0 N–H and O–H groups in total. The predicted molar refractivity (Wildman–Crippen MR) is 235 cm³/mol. The second kappa shape index (κ2) is 13.8. The SMILES string of the molecule is c1ccc(-c2ccc(N(c3ccc([Si](c4ccccc4)(c4ccccc4)c4ccccc4)cc3)c3ccc4c(ccc5c6ccccc6oc45)c3)cc2)cc1. The summed E-state index contributed by atoms with van der Waals surface area (Å²) < 4.78 is 6.44. The van der Waals surface area contributed by atoms with Crippen LogP contribution in [0.15, 0.2) is 229 Å². The molecule has 1 heterocycles. The van der Waals surface area contributed by atoms with E-state index in [1.807, 2.05) is 12.1 Å². The predicted octanol–water partition coefficient (Wildman–Crippen LogP) is 11.3. The van der Waals surface area contributed by atoms with Crippen molar-refractivity contribution in [2.45, 2.75) is 0 Å². The van der Waals surface area contributed by atoms with Crippen LogP contribution in [0.2, 0.25) is 0 Å². The molecule has 0 atom stereocenters. The largest absolute Gasteiger partial charge is 0.455 e. The molecule has 0 aliphatic heterocycles. The number of furan rings is 1. The van der Waals surface area contributed by atoms with Crippen LogP contribution in [0.25, 0.3) is 43.8 Å². The molecule has 0 unspecified atom stereocenters. The Labute approximate surface area is 322 Å². The van der Waals surface area contributed by atoms with E-state index in [0.717, 1.165) is 49.8 Å². The molecule has 10 rings (SSSR count). The average molecular weight is 720 g/mol. The summed E-state index contributed by atoms with van der Waals surface area (Å²) in [6, 6.07) is 81.6. The van der Waals surface area contributed by atoms with Crippen molar-refractivity contribution in [3.63, 3.8) is 0 Å².